The number of amides is 1. The van der Waals surface area contributed by atoms with Crippen molar-refractivity contribution in [1.82, 2.24) is 9.88 Å². The van der Waals surface area contributed by atoms with E-state index in [9.17, 15) is 27.9 Å². The number of carbonyl (C=O) groups is 1. The molecule has 2 aliphatic heterocycles. The van der Waals surface area contributed by atoms with Crippen molar-refractivity contribution in [2.24, 2.45) is 0 Å². The number of piperidine rings is 1. The second kappa shape index (κ2) is 9.01. The number of H-pyrrole nitrogens is 1. The van der Waals surface area contributed by atoms with E-state index >= 15 is 0 Å². The Morgan fingerprint density at radius 2 is 1.80 bits per heavy atom. The summed E-state index contributed by atoms with van der Waals surface area (Å²) in [5.41, 5.74) is -0.951. The highest BCUT2D eigenvalue weighted by Gasteiger charge is 2.36. The van der Waals surface area contributed by atoms with Gasteiger partial charge in [-0.25, -0.2) is 4.79 Å². The molecule has 1 amide bonds. The zero-order valence-electron chi connectivity index (χ0n) is 18.7. The minimum Gasteiger partial charge on any atom is -0.447 e. The maximum Gasteiger partial charge on any atom is 0.417 e. The second-order valence-electron chi connectivity index (χ2n) is 8.96. The van der Waals surface area contributed by atoms with Crippen LogP contribution in [-0.2, 0) is 10.9 Å². The summed E-state index contributed by atoms with van der Waals surface area (Å²) in [6.45, 7) is 2.22. The first kappa shape index (κ1) is 23.4. The Morgan fingerprint density at radius 3 is 2.54 bits per heavy atom. The van der Waals surface area contributed by atoms with Gasteiger partial charge < -0.3 is 19.7 Å². The summed E-state index contributed by atoms with van der Waals surface area (Å²) in [4.78, 5) is 31.7. The zero-order chi connectivity index (χ0) is 24.7. The third-order valence-corrected chi connectivity index (χ3v) is 6.62. The van der Waals surface area contributed by atoms with Gasteiger partial charge in [-0.15, -0.1) is 0 Å². The number of alkyl halides is 3. The van der Waals surface area contributed by atoms with Gasteiger partial charge in [0.25, 0.3) is 5.56 Å². The van der Waals surface area contributed by atoms with Crippen molar-refractivity contribution in [3.8, 4) is 11.3 Å². The molecule has 0 unspecified atom stereocenters. The molecule has 10 heteroatoms. The lowest BCUT2D eigenvalue weighted by Gasteiger charge is -2.33. The van der Waals surface area contributed by atoms with Gasteiger partial charge in [0, 0.05) is 42.0 Å². The number of nitrogens with one attached hydrogen (secondary N) is 1. The lowest BCUT2D eigenvalue weighted by Crippen LogP contribution is -2.46. The molecule has 5 rings (SSSR count). The monoisotopic (exact) mass is 487 g/mol. The zero-order valence-corrected chi connectivity index (χ0v) is 18.7. The quantitative estimate of drug-likeness (QED) is 0.581. The van der Waals surface area contributed by atoms with Crippen LogP contribution in [-0.4, -0.2) is 59.5 Å². The number of carbonyl (C=O) groups excluding carboxylic acids is 1. The second-order valence-corrected chi connectivity index (χ2v) is 8.96. The van der Waals surface area contributed by atoms with Crippen LogP contribution in [0.15, 0.2) is 53.3 Å². The number of hydrogen-bond donors (Lipinski definition) is 2. The van der Waals surface area contributed by atoms with E-state index in [-0.39, 0.29) is 35.4 Å². The van der Waals surface area contributed by atoms with E-state index < -0.39 is 23.4 Å². The normalized spacial score (nSPS) is 19.9. The van der Waals surface area contributed by atoms with Crippen LogP contribution in [0.2, 0.25) is 0 Å². The number of benzene rings is 2. The van der Waals surface area contributed by atoms with E-state index in [1.807, 2.05) is 0 Å². The molecule has 184 valence electrons. The van der Waals surface area contributed by atoms with Crippen LogP contribution >= 0.6 is 0 Å². The Morgan fingerprint density at radius 1 is 1.06 bits per heavy atom. The molecule has 0 saturated carbocycles. The van der Waals surface area contributed by atoms with Gasteiger partial charge in [-0.2, -0.15) is 13.2 Å². The fourth-order valence-corrected chi connectivity index (χ4v) is 4.82. The number of rotatable bonds is 4. The van der Waals surface area contributed by atoms with Gasteiger partial charge in [-0.3, -0.25) is 9.69 Å². The molecule has 0 aliphatic carbocycles. The van der Waals surface area contributed by atoms with Crippen molar-refractivity contribution in [1.29, 1.82) is 0 Å². The number of cyclic esters (lactones) is 1. The predicted octanol–water partition coefficient (Wildman–Crippen LogP) is 4.00. The highest BCUT2D eigenvalue weighted by atomic mass is 19.4. The number of fused-ring (bicyclic) bond motifs is 1. The van der Waals surface area contributed by atoms with Crippen molar-refractivity contribution < 1.29 is 27.8 Å². The van der Waals surface area contributed by atoms with Gasteiger partial charge in [0.05, 0.1) is 17.7 Å². The average molecular weight is 487 g/mol. The van der Waals surface area contributed by atoms with Crippen LogP contribution in [0.25, 0.3) is 22.0 Å². The predicted molar refractivity (Wildman–Crippen MR) is 124 cm³/mol. The number of nitrogens with zero attached hydrogens (tertiary/aromatic N) is 2. The van der Waals surface area contributed by atoms with Gasteiger partial charge in [0.15, 0.2) is 0 Å². The van der Waals surface area contributed by atoms with Crippen LogP contribution in [0.1, 0.15) is 18.4 Å². The molecule has 2 aliphatic rings. The number of hydrogen-bond acceptors (Lipinski definition) is 5. The number of aliphatic hydroxyl groups is 1. The fourth-order valence-electron chi connectivity index (χ4n) is 4.82. The SMILES string of the molecule is O=C1OC[C@H](CN2CCC(O)CC2)N1c1ccc2cc(-c3ccccc3C(F)(F)F)[nH]c(=O)c2c1. The molecular formula is C25H24F3N3O4. The first-order valence-electron chi connectivity index (χ1n) is 11.4. The summed E-state index contributed by atoms with van der Waals surface area (Å²) < 4.78 is 45.7. The molecule has 0 radical (unpaired) electrons. The summed E-state index contributed by atoms with van der Waals surface area (Å²) in [5.74, 6) is 0. The van der Waals surface area contributed by atoms with E-state index in [0.29, 0.717) is 30.5 Å². The maximum atomic E-state index is 13.5. The number of aromatic nitrogens is 1. The molecule has 2 fully saturated rings. The van der Waals surface area contributed by atoms with E-state index in [0.717, 1.165) is 19.2 Å². The van der Waals surface area contributed by atoms with Crippen molar-refractivity contribution in [3.05, 3.63) is 64.4 Å². The summed E-state index contributed by atoms with van der Waals surface area (Å²) in [7, 11) is 0. The number of likely N-dealkylation sites (tertiary alicyclic amines) is 1. The van der Waals surface area contributed by atoms with E-state index in [4.69, 9.17) is 4.74 Å². The van der Waals surface area contributed by atoms with Crippen molar-refractivity contribution in [2.45, 2.75) is 31.2 Å². The molecule has 3 heterocycles. The van der Waals surface area contributed by atoms with Gasteiger partial charge in [0.2, 0.25) is 0 Å². The Balaban J connectivity index is 1.47. The smallest absolute Gasteiger partial charge is 0.417 e. The standard InChI is InChI=1S/C25H24F3N3O4/c26-25(27,28)21-4-2-1-3-19(21)22-11-15-5-6-16(12-20(15)23(33)29-22)31-17(14-35-24(31)34)13-30-9-7-18(32)8-10-30/h1-6,11-12,17-18,32H,7-10,13-14H2,(H,29,33)/t17-/m0/s1. The summed E-state index contributed by atoms with van der Waals surface area (Å²) in [6.07, 6.45) is -4.04. The Labute approximate surface area is 198 Å². The molecule has 0 bridgehead atoms. The van der Waals surface area contributed by atoms with Gasteiger partial charge >= 0.3 is 12.3 Å². The molecule has 2 saturated heterocycles. The van der Waals surface area contributed by atoms with Crippen molar-refractivity contribution >= 4 is 22.6 Å². The first-order chi connectivity index (χ1) is 16.7. The number of halogens is 3. The third kappa shape index (κ3) is 4.63. The maximum absolute atomic E-state index is 13.5. The van der Waals surface area contributed by atoms with Gasteiger partial charge in [-0.05, 0) is 42.5 Å². The van der Waals surface area contributed by atoms with Crippen LogP contribution in [0.5, 0.6) is 0 Å². The Hall–Kier alpha value is -3.37. The van der Waals surface area contributed by atoms with E-state index in [1.54, 1.807) is 18.2 Å². The molecule has 1 aromatic heterocycles. The van der Waals surface area contributed by atoms with Gasteiger partial charge in [-0.1, -0.05) is 24.3 Å². The van der Waals surface area contributed by atoms with E-state index in [2.05, 4.69) is 9.88 Å². The minimum atomic E-state index is -4.57. The van der Waals surface area contributed by atoms with Crippen LogP contribution in [0.4, 0.5) is 23.7 Å². The molecule has 2 N–H and O–H groups in total. The summed E-state index contributed by atoms with van der Waals surface area (Å²) >= 11 is 0. The van der Waals surface area contributed by atoms with Gasteiger partial charge in [0.1, 0.15) is 6.61 Å². The van der Waals surface area contributed by atoms with Crippen molar-refractivity contribution in [3.63, 3.8) is 0 Å². The van der Waals surface area contributed by atoms with Crippen LogP contribution in [0.3, 0.4) is 0 Å². The molecular weight excluding hydrogens is 463 g/mol. The third-order valence-electron chi connectivity index (χ3n) is 6.62. The topological polar surface area (TPSA) is 85.9 Å². The van der Waals surface area contributed by atoms with E-state index in [1.165, 1.54) is 29.2 Å². The number of anilines is 1. The number of aromatic amines is 1. The average Bonchev–Trinajstić information content (AvgIpc) is 3.19. The fraction of sp³-hybridized carbons (Fsp3) is 0.360. The number of aliphatic hydroxyl groups excluding tert-OH is 1. The molecule has 35 heavy (non-hydrogen) atoms. The van der Waals surface area contributed by atoms with Crippen LogP contribution in [0, 0.1) is 0 Å². The first-order valence-corrected chi connectivity index (χ1v) is 11.4. The highest BCUT2D eigenvalue weighted by Crippen LogP contribution is 2.37. The molecule has 1 atom stereocenters. The Bertz CT molecular complexity index is 1320. The molecule has 0 spiro atoms. The summed E-state index contributed by atoms with van der Waals surface area (Å²) in [5, 5.41) is 10.4. The lowest BCUT2D eigenvalue weighted by atomic mass is 10.0. The van der Waals surface area contributed by atoms with Crippen molar-refractivity contribution in [2.75, 3.05) is 31.1 Å². The Kier molecular flexibility index (Phi) is 6.02. The summed E-state index contributed by atoms with van der Waals surface area (Å²) in [6, 6.07) is 11.2. The lowest BCUT2D eigenvalue weighted by molar-refractivity contribution is -0.137. The highest BCUT2D eigenvalue weighted by molar-refractivity contribution is 5.95. The van der Waals surface area contributed by atoms with Crippen LogP contribution < -0.4 is 10.5 Å². The number of ether oxygens (including phenoxy) is 1. The molecule has 3 aromatic rings. The minimum absolute atomic E-state index is 0.0638. The molecule has 7 nitrogen and oxygen atoms in total. The number of pyridine rings is 1. The molecule has 2 aromatic carbocycles. The largest absolute Gasteiger partial charge is 0.447 e.